The minimum atomic E-state index is -0.975. The second kappa shape index (κ2) is 4.46. The van der Waals surface area contributed by atoms with Crippen LogP contribution in [0.25, 0.3) is 0 Å². The van der Waals surface area contributed by atoms with Gasteiger partial charge in [0.15, 0.2) is 0 Å². The van der Waals surface area contributed by atoms with Crippen molar-refractivity contribution in [1.29, 1.82) is 0 Å². The largest absolute Gasteiger partial charge is 0.478 e. The zero-order valence-electron chi connectivity index (χ0n) is 8.15. The molecule has 14 heavy (non-hydrogen) atoms. The molecule has 0 aromatic heterocycles. The number of aliphatic carboxylic acids is 1. The van der Waals surface area contributed by atoms with Crippen LogP contribution in [0, 0.1) is 6.92 Å². The lowest BCUT2D eigenvalue weighted by Crippen LogP contribution is -1.97. The predicted molar refractivity (Wildman–Crippen MR) is 53.2 cm³/mol. The molecule has 1 N–H and O–H groups in total. The van der Waals surface area contributed by atoms with Gasteiger partial charge in [-0.2, -0.15) is 0 Å². The molecule has 0 aliphatic carbocycles. The summed E-state index contributed by atoms with van der Waals surface area (Å²) in [6.07, 6.45) is 1.23. The Morgan fingerprint density at radius 1 is 1.36 bits per heavy atom. The molecule has 0 spiro atoms. The van der Waals surface area contributed by atoms with E-state index in [0.29, 0.717) is 5.75 Å². The van der Waals surface area contributed by atoms with Crippen molar-refractivity contribution in [2.24, 2.45) is 0 Å². The van der Waals surface area contributed by atoms with Crippen molar-refractivity contribution >= 4 is 5.97 Å². The quantitative estimate of drug-likeness (QED) is 0.590. The van der Waals surface area contributed by atoms with Crippen molar-refractivity contribution in [3.63, 3.8) is 0 Å². The fourth-order valence-electron chi connectivity index (χ4n) is 0.824. The summed E-state index contributed by atoms with van der Waals surface area (Å²) >= 11 is 0. The molecule has 0 unspecified atom stereocenters. The van der Waals surface area contributed by atoms with E-state index in [1.807, 2.05) is 19.1 Å². The summed E-state index contributed by atoms with van der Waals surface area (Å²) in [7, 11) is 0. The van der Waals surface area contributed by atoms with Crippen molar-refractivity contribution in [3.05, 3.63) is 41.7 Å². The number of benzene rings is 1. The van der Waals surface area contributed by atoms with E-state index in [0.717, 1.165) is 5.56 Å². The van der Waals surface area contributed by atoms with E-state index in [2.05, 4.69) is 0 Å². The Morgan fingerprint density at radius 3 is 2.43 bits per heavy atom. The highest BCUT2D eigenvalue weighted by atomic mass is 16.5. The van der Waals surface area contributed by atoms with Gasteiger partial charge in [-0.3, -0.25) is 0 Å². The van der Waals surface area contributed by atoms with Gasteiger partial charge in [-0.1, -0.05) is 17.7 Å². The van der Waals surface area contributed by atoms with E-state index in [9.17, 15) is 4.79 Å². The molecular formula is C11H12O3. The molecule has 0 aliphatic heterocycles. The number of aryl methyl sites for hydroxylation is 1. The summed E-state index contributed by atoms with van der Waals surface area (Å²) in [4.78, 5) is 10.4. The number of ether oxygens (including phenoxy) is 1. The number of carboxylic acid groups (broad SMARTS) is 1. The lowest BCUT2D eigenvalue weighted by atomic mass is 10.2. The van der Waals surface area contributed by atoms with Gasteiger partial charge in [0.1, 0.15) is 12.0 Å². The van der Waals surface area contributed by atoms with E-state index in [4.69, 9.17) is 9.84 Å². The van der Waals surface area contributed by atoms with E-state index >= 15 is 0 Å². The third kappa shape index (κ3) is 2.94. The lowest BCUT2D eigenvalue weighted by Gasteiger charge is -2.00. The number of rotatable bonds is 3. The third-order valence-electron chi connectivity index (χ3n) is 1.73. The van der Waals surface area contributed by atoms with Crippen LogP contribution >= 0.6 is 0 Å². The highest BCUT2D eigenvalue weighted by molar-refractivity contribution is 5.85. The Balaban J connectivity index is 2.66. The molecule has 3 heteroatoms. The van der Waals surface area contributed by atoms with E-state index in [1.54, 1.807) is 12.1 Å². The average Bonchev–Trinajstić information content (AvgIpc) is 2.16. The maximum atomic E-state index is 10.4. The second-order valence-electron chi connectivity index (χ2n) is 3.04. The zero-order valence-corrected chi connectivity index (χ0v) is 8.15. The van der Waals surface area contributed by atoms with Crippen LogP contribution in [0.2, 0.25) is 0 Å². The van der Waals surface area contributed by atoms with Gasteiger partial charge in [0, 0.05) is 0 Å². The summed E-state index contributed by atoms with van der Waals surface area (Å²) in [5, 5.41) is 8.56. The molecule has 0 amide bonds. The summed E-state index contributed by atoms with van der Waals surface area (Å²) in [6.45, 7) is 3.46. The van der Waals surface area contributed by atoms with E-state index < -0.39 is 5.97 Å². The SMILES string of the molecule is CC(=COc1ccc(C)cc1)C(=O)O. The Hall–Kier alpha value is -1.77. The average molecular weight is 192 g/mol. The Labute approximate surface area is 82.6 Å². The van der Waals surface area contributed by atoms with Gasteiger partial charge in [0.2, 0.25) is 0 Å². The minimum absolute atomic E-state index is 0.172. The Bertz CT molecular complexity index is 349. The van der Waals surface area contributed by atoms with Crippen LogP contribution in [0.3, 0.4) is 0 Å². The van der Waals surface area contributed by atoms with Crippen molar-refractivity contribution in [3.8, 4) is 5.75 Å². The van der Waals surface area contributed by atoms with Gasteiger partial charge in [-0.15, -0.1) is 0 Å². The van der Waals surface area contributed by atoms with Crippen molar-refractivity contribution in [2.75, 3.05) is 0 Å². The molecular weight excluding hydrogens is 180 g/mol. The zero-order chi connectivity index (χ0) is 10.6. The van der Waals surface area contributed by atoms with Crippen molar-refractivity contribution in [1.82, 2.24) is 0 Å². The summed E-state index contributed by atoms with van der Waals surface area (Å²) in [5.74, 6) is -0.340. The Kier molecular flexibility index (Phi) is 3.29. The number of hydrogen-bond donors (Lipinski definition) is 1. The van der Waals surface area contributed by atoms with Crippen LogP contribution in [0.4, 0.5) is 0 Å². The number of carboxylic acids is 1. The molecule has 0 saturated heterocycles. The van der Waals surface area contributed by atoms with Gasteiger partial charge in [-0.05, 0) is 26.0 Å². The summed E-state index contributed by atoms with van der Waals surface area (Å²) < 4.78 is 5.14. The fourth-order valence-corrected chi connectivity index (χ4v) is 0.824. The maximum absolute atomic E-state index is 10.4. The topological polar surface area (TPSA) is 46.5 Å². The highest BCUT2D eigenvalue weighted by Gasteiger charge is 1.99. The van der Waals surface area contributed by atoms with Crippen LogP contribution < -0.4 is 4.74 Å². The van der Waals surface area contributed by atoms with Gasteiger partial charge in [0.05, 0.1) is 5.57 Å². The van der Waals surface area contributed by atoms with E-state index in [-0.39, 0.29) is 5.57 Å². The molecule has 1 aromatic rings. The first kappa shape index (κ1) is 10.3. The molecule has 3 nitrogen and oxygen atoms in total. The first-order valence-electron chi connectivity index (χ1n) is 4.23. The Morgan fingerprint density at radius 2 is 1.93 bits per heavy atom. The third-order valence-corrected chi connectivity index (χ3v) is 1.73. The molecule has 0 bridgehead atoms. The van der Waals surface area contributed by atoms with Gasteiger partial charge >= 0.3 is 5.97 Å². The molecule has 1 rings (SSSR count). The lowest BCUT2D eigenvalue weighted by molar-refractivity contribution is -0.132. The molecule has 0 radical (unpaired) electrons. The van der Waals surface area contributed by atoms with Crippen molar-refractivity contribution < 1.29 is 14.6 Å². The fraction of sp³-hybridized carbons (Fsp3) is 0.182. The minimum Gasteiger partial charge on any atom is -0.478 e. The van der Waals surface area contributed by atoms with E-state index in [1.165, 1.54) is 13.2 Å². The standard InChI is InChI=1S/C11H12O3/c1-8-3-5-10(6-4-8)14-7-9(2)11(12)13/h3-7H,1-2H3,(H,12,13). The molecule has 0 heterocycles. The van der Waals surface area contributed by atoms with Gasteiger partial charge < -0.3 is 9.84 Å². The maximum Gasteiger partial charge on any atom is 0.334 e. The van der Waals surface area contributed by atoms with Crippen LogP contribution in [0.1, 0.15) is 12.5 Å². The van der Waals surface area contributed by atoms with Gasteiger partial charge in [0.25, 0.3) is 0 Å². The van der Waals surface area contributed by atoms with Gasteiger partial charge in [-0.25, -0.2) is 4.79 Å². The first-order chi connectivity index (χ1) is 6.59. The number of hydrogen-bond acceptors (Lipinski definition) is 2. The molecule has 0 atom stereocenters. The van der Waals surface area contributed by atoms with Crippen molar-refractivity contribution in [2.45, 2.75) is 13.8 Å². The summed E-state index contributed by atoms with van der Waals surface area (Å²) in [6, 6.07) is 7.39. The monoisotopic (exact) mass is 192 g/mol. The normalized spacial score (nSPS) is 11.1. The number of carbonyl (C=O) groups is 1. The molecule has 0 fully saturated rings. The van der Waals surface area contributed by atoms with Crippen LogP contribution in [0.5, 0.6) is 5.75 Å². The predicted octanol–water partition coefficient (Wildman–Crippen LogP) is 2.36. The molecule has 0 saturated carbocycles. The highest BCUT2D eigenvalue weighted by Crippen LogP contribution is 2.12. The van der Waals surface area contributed by atoms with Crippen LogP contribution in [-0.4, -0.2) is 11.1 Å². The molecule has 0 aliphatic rings. The van der Waals surface area contributed by atoms with Crippen LogP contribution in [-0.2, 0) is 4.79 Å². The summed E-state index contributed by atoms with van der Waals surface area (Å²) in [5.41, 5.74) is 1.31. The van der Waals surface area contributed by atoms with Crippen LogP contribution in [0.15, 0.2) is 36.1 Å². The smallest absolute Gasteiger partial charge is 0.334 e. The second-order valence-corrected chi connectivity index (χ2v) is 3.04. The first-order valence-corrected chi connectivity index (χ1v) is 4.23. The molecule has 1 aromatic carbocycles. The molecule has 74 valence electrons.